The van der Waals surface area contributed by atoms with Gasteiger partial charge in [-0.3, -0.25) is 14.4 Å². The monoisotopic (exact) mass is 967 g/mol. The number of carbonyl (C=O) groups is 3. The van der Waals surface area contributed by atoms with Gasteiger partial charge in [-0.1, -0.05) is 243 Å². The fourth-order valence-electron chi connectivity index (χ4n) is 8.70. The number of rotatable bonds is 55. The molecule has 1 atom stereocenters. The Morgan fingerprint density at radius 2 is 0.522 bits per heavy atom. The Morgan fingerprint density at radius 3 is 0.841 bits per heavy atom. The maximum Gasteiger partial charge on any atom is 0.306 e. The molecule has 1 unspecified atom stereocenters. The molecule has 0 aliphatic heterocycles. The lowest BCUT2D eigenvalue weighted by Crippen LogP contribution is -2.30. The third-order valence-electron chi connectivity index (χ3n) is 13.3. The minimum absolute atomic E-state index is 0.0781. The Kier molecular flexibility index (Phi) is 55.7. The summed E-state index contributed by atoms with van der Waals surface area (Å²) in [6.07, 6.45) is 71.0. The fourth-order valence-corrected chi connectivity index (χ4v) is 8.70. The Hall–Kier alpha value is -2.63. The van der Waals surface area contributed by atoms with Crippen molar-refractivity contribution < 1.29 is 28.6 Å². The molecule has 0 rings (SSSR count). The highest BCUT2D eigenvalue weighted by molar-refractivity contribution is 5.71. The van der Waals surface area contributed by atoms with E-state index in [9.17, 15) is 14.4 Å². The van der Waals surface area contributed by atoms with Crippen molar-refractivity contribution in [2.75, 3.05) is 13.2 Å². The van der Waals surface area contributed by atoms with Crippen LogP contribution in [0.3, 0.4) is 0 Å². The van der Waals surface area contributed by atoms with Gasteiger partial charge in [0.2, 0.25) is 0 Å². The van der Waals surface area contributed by atoms with Crippen molar-refractivity contribution in [1.82, 2.24) is 0 Å². The zero-order valence-electron chi connectivity index (χ0n) is 46.1. The quantitative estimate of drug-likeness (QED) is 0.0262. The van der Waals surface area contributed by atoms with Gasteiger partial charge in [-0.2, -0.15) is 0 Å². The van der Waals surface area contributed by atoms with Gasteiger partial charge >= 0.3 is 17.9 Å². The van der Waals surface area contributed by atoms with Gasteiger partial charge in [0.05, 0.1) is 0 Å². The predicted molar refractivity (Wildman–Crippen MR) is 298 cm³/mol. The number of ether oxygens (including phenoxy) is 3. The van der Waals surface area contributed by atoms with E-state index < -0.39 is 6.10 Å². The first-order valence-corrected chi connectivity index (χ1v) is 30.1. The van der Waals surface area contributed by atoms with Crippen molar-refractivity contribution in [2.24, 2.45) is 0 Å². The van der Waals surface area contributed by atoms with E-state index in [0.717, 1.165) is 70.6 Å². The molecule has 0 spiro atoms. The van der Waals surface area contributed by atoms with Gasteiger partial charge in [0.15, 0.2) is 6.10 Å². The predicted octanol–water partition coefficient (Wildman–Crippen LogP) is 20.2. The molecule has 0 aromatic rings. The van der Waals surface area contributed by atoms with Crippen molar-refractivity contribution in [3.05, 3.63) is 48.6 Å². The molecule has 0 radical (unpaired) electrons. The van der Waals surface area contributed by atoms with E-state index in [1.54, 1.807) is 0 Å². The summed E-state index contributed by atoms with van der Waals surface area (Å²) < 4.78 is 16.9. The molecule has 0 fully saturated rings. The first-order chi connectivity index (χ1) is 34.0. The number of hydrogen-bond donors (Lipinski definition) is 0. The molecule has 69 heavy (non-hydrogen) atoms. The lowest BCUT2D eigenvalue weighted by Gasteiger charge is -2.18. The lowest BCUT2D eigenvalue weighted by molar-refractivity contribution is -0.167. The molecule has 0 bridgehead atoms. The number of unbranched alkanes of at least 4 members (excludes halogenated alkanes) is 36. The summed E-state index contributed by atoms with van der Waals surface area (Å²) in [5.41, 5.74) is 0. The topological polar surface area (TPSA) is 78.9 Å². The first kappa shape index (κ1) is 66.4. The molecule has 0 aliphatic rings. The van der Waals surface area contributed by atoms with Gasteiger partial charge in [0, 0.05) is 19.3 Å². The largest absolute Gasteiger partial charge is 0.462 e. The van der Waals surface area contributed by atoms with Crippen LogP contribution in [0.1, 0.15) is 316 Å². The molecular weight excluding hydrogens is 853 g/mol. The SMILES string of the molecule is CCCCC/C=C\CCCCCCCC(=O)OCC(COC(=O)CCCCCCCCCCC/C=C\C/C=C\CCCCCCC)OC(=O)CCCCCCCCC/C=C\CCCCCCCCC. The highest BCUT2D eigenvalue weighted by Crippen LogP contribution is 2.16. The highest BCUT2D eigenvalue weighted by Gasteiger charge is 2.19. The molecule has 0 aliphatic carbocycles. The fraction of sp³-hybridized carbons (Fsp3) is 0.825. The van der Waals surface area contributed by atoms with E-state index in [1.165, 1.54) is 205 Å². The summed E-state index contributed by atoms with van der Waals surface area (Å²) in [6.45, 7) is 6.62. The third kappa shape index (κ3) is 56.2. The highest BCUT2D eigenvalue weighted by atomic mass is 16.6. The second kappa shape index (κ2) is 57.9. The van der Waals surface area contributed by atoms with E-state index in [1.807, 2.05) is 0 Å². The number of esters is 3. The van der Waals surface area contributed by atoms with Crippen molar-refractivity contribution in [1.29, 1.82) is 0 Å². The van der Waals surface area contributed by atoms with Crippen LogP contribution in [0.2, 0.25) is 0 Å². The van der Waals surface area contributed by atoms with Gasteiger partial charge in [-0.25, -0.2) is 0 Å². The molecule has 6 heteroatoms. The maximum atomic E-state index is 12.9. The van der Waals surface area contributed by atoms with E-state index in [4.69, 9.17) is 14.2 Å². The lowest BCUT2D eigenvalue weighted by atomic mass is 10.1. The third-order valence-corrected chi connectivity index (χ3v) is 13.3. The Balaban J connectivity index is 4.32. The molecule has 6 nitrogen and oxygen atoms in total. The number of carbonyl (C=O) groups excluding carboxylic acids is 3. The van der Waals surface area contributed by atoms with Gasteiger partial charge in [0.25, 0.3) is 0 Å². The van der Waals surface area contributed by atoms with Crippen LogP contribution in [0.4, 0.5) is 0 Å². The second-order valence-electron chi connectivity index (χ2n) is 20.2. The molecule has 0 heterocycles. The summed E-state index contributed by atoms with van der Waals surface area (Å²) >= 11 is 0. The Labute approximate surface area is 428 Å². The van der Waals surface area contributed by atoms with E-state index in [0.29, 0.717) is 19.3 Å². The van der Waals surface area contributed by atoms with Crippen LogP contribution >= 0.6 is 0 Å². The molecule has 402 valence electrons. The van der Waals surface area contributed by atoms with Gasteiger partial charge in [-0.05, 0) is 103 Å². The van der Waals surface area contributed by atoms with Crippen LogP contribution < -0.4 is 0 Å². The average Bonchev–Trinajstić information content (AvgIpc) is 3.35. The van der Waals surface area contributed by atoms with Crippen molar-refractivity contribution >= 4 is 17.9 Å². The average molecular weight is 968 g/mol. The second-order valence-corrected chi connectivity index (χ2v) is 20.2. The van der Waals surface area contributed by atoms with Crippen molar-refractivity contribution in [3.8, 4) is 0 Å². The minimum Gasteiger partial charge on any atom is -0.462 e. The summed E-state index contributed by atoms with van der Waals surface area (Å²) in [7, 11) is 0. The summed E-state index contributed by atoms with van der Waals surface area (Å²) in [6, 6.07) is 0. The summed E-state index contributed by atoms with van der Waals surface area (Å²) in [5, 5.41) is 0. The molecular formula is C63H114O6. The molecule has 0 aromatic carbocycles. The Morgan fingerprint density at radius 1 is 0.290 bits per heavy atom. The number of hydrogen-bond acceptors (Lipinski definition) is 6. The molecule has 0 N–H and O–H groups in total. The van der Waals surface area contributed by atoms with Gasteiger partial charge in [0.1, 0.15) is 13.2 Å². The zero-order valence-corrected chi connectivity index (χ0v) is 46.1. The smallest absolute Gasteiger partial charge is 0.306 e. The zero-order chi connectivity index (χ0) is 50.0. The summed E-state index contributed by atoms with van der Waals surface area (Å²) in [5.74, 6) is -0.881. The molecule has 0 aromatic heterocycles. The van der Waals surface area contributed by atoms with Gasteiger partial charge in [-0.15, -0.1) is 0 Å². The first-order valence-electron chi connectivity index (χ1n) is 30.1. The Bertz CT molecular complexity index is 1200. The van der Waals surface area contributed by atoms with Gasteiger partial charge < -0.3 is 14.2 Å². The molecule has 0 saturated heterocycles. The van der Waals surface area contributed by atoms with Crippen molar-refractivity contribution in [2.45, 2.75) is 322 Å². The standard InChI is InChI=1S/C63H114O6/c1-4-7-10-13-16-19-22-25-27-29-31-32-33-35-36-38-41-44-47-50-53-56-62(65)68-59-60(58-67-61(64)55-52-49-46-43-40-24-21-18-15-12-9-6-3)69-63(66)57-54-51-48-45-42-39-37-34-30-28-26-23-20-17-14-11-8-5-2/h18,21-22,25,28-31,60H,4-17,19-20,23-24,26-27,32-59H2,1-3H3/b21-18-,25-22-,30-28-,31-29-. The van der Waals surface area contributed by atoms with Crippen LogP contribution in [-0.2, 0) is 28.6 Å². The van der Waals surface area contributed by atoms with Crippen LogP contribution in [0.25, 0.3) is 0 Å². The van der Waals surface area contributed by atoms with E-state index in [2.05, 4.69) is 69.4 Å². The van der Waals surface area contributed by atoms with Crippen LogP contribution in [0, 0.1) is 0 Å². The number of allylic oxidation sites excluding steroid dienone is 8. The van der Waals surface area contributed by atoms with Crippen LogP contribution in [0.5, 0.6) is 0 Å². The summed E-state index contributed by atoms with van der Waals surface area (Å²) in [4.78, 5) is 38.2. The van der Waals surface area contributed by atoms with Crippen LogP contribution in [-0.4, -0.2) is 37.2 Å². The minimum atomic E-state index is -0.780. The maximum absolute atomic E-state index is 12.9. The molecule has 0 amide bonds. The molecule has 0 saturated carbocycles. The van der Waals surface area contributed by atoms with E-state index >= 15 is 0 Å². The van der Waals surface area contributed by atoms with E-state index in [-0.39, 0.29) is 31.1 Å². The van der Waals surface area contributed by atoms with Crippen LogP contribution in [0.15, 0.2) is 48.6 Å². The van der Waals surface area contributed by atoms with Crippen molar-refractivity contribution in [3.63, 3.8) is 0 Å². The normalized spacial score (nSPS) is 12.3.